The van der Waals surface area contributed by atoms with Crippen LogP contribution < -0.4 is 20.8 Å². The Morgan fingerprint density at radius 1 is 1.23 bits per heavy atom. The van der Waals surface area contributed by atoms with E-state index in [9.17, 15) is 19.2 Å². The van der Waals surface area contributed by atoms with Crippen molar-refractivity contribution in [1.82, 2.24) is 20.5 Å². The summed E-state index contributed by atoms with van der Waals surface area (Å²) in [5.41, 5.74) is 0.969. The van der Waals surface area contributed by atoms with E-state index in [2.05, 4.69) is 22.2 Å². The van der Waals surface area contributed by atoms with Gasteiger partial charge < -0.3 is 19.9 Å². The molecule has 156 valence electrons. The van der Waals surface area contributed by atoms with Gasteiger partial charge in [-0.25, -0.2) is 4.79 Å². The zero-order valence-electron chi connectivity index (χ0n) is 16.7. The number of hydrogen-bond donors (Lipinski definition) is 3. The number of pyridine rings is 1. The average Bonchev–Trinajstić information content (AvgIpc) is 3.16. The molecule has 30 heavy (non-hydrogen) atoms. The van der Waals surface area contributed by atoms with Crippen LogP contribution in [0.5, 0.6) is 5.75 Å². The van der Waals surface area contributed by atoms with Gasteiger partial charge in [-0.05, 0) is 24.6 Å². The number of imide groups is 1. The number of aromatic amines is 1. The molecule has 3 N–H and O–H groups in total. The maximum atomic E-state index is 12.4. The first-order chi connectivity index (χ1) is 14.3. The van der Waals surface area contributed by atoms with Gasteiger partial charge in [0.25, 0.3) is 11.8 Å². The van der Waals surface area contributed by atoms with Gasteiger partial charge in [-0.2, -0.15) is 0 Å². The number of methoxy groups -OCH3 is 1. The van der Waals surface area contributed by atoms with E-state index in [1.165, 1.54) is 12.1 Å². The molecule has 1 atom stereocenters. The van der Waals surface area contributed by atoms with E-state index in [0.717, 1.165) is 5.56 Å². The summed E-state index contributed by atoms with van der Waals surface area (Å²) in [6, 6.07) is 6.25. The lowest BCUT2D eigenvalue weighted by Crippen LogP contribution is -2.52. The lowest BCUT2D eigenvalue weighted by atomic mass is 10.0. The number of benzene rings is 1. The third kappa shape index (κ3) is 4.09. The minimum absolute atomic E-state index is 0.00347. The van der Waals surface area contributed by atoms with Crippen molar-refractivity contribution in [2.24, 2.45) is 0 Å². The van der Waals surface area contributed by atoms with Crippen LogP contribution in [0, 0.1) is 0 Å². The van der Waals surface area contributed by atoms with Crippen molar-refractivity contribution in [3.8, 4) is 5.75 Å². The number of amides is 4. The first-order valence-corrected chi connectivity index (χ1v) is 9.17. The first kappa shape index (κ1) is 20.8. The van der Waals surface area contributed by atoms with Crippen molar-refractivity contribution in [1.29, 1.82) is 0 Å². The van der Waals surface area contributed by atoms with E-state index in [1.807, 2.05) is 6.07 Å². The first-order valence-electron chi connectivity index (χ1n) is 9.17. The van der Waals surface area contributed by atoms with E-state index in [4.69, 9.17) is 4.74 Å². The minimum atomic E-state index is -1.10. The summed E-state index contributed by atoms with van der Waals surface area (Å²) in [7, 11) is 1.54. The van der Waals surface area contributed by atoms with Crippen LogP contribution in [-0.4, -0.2) is 46.9 Å². The number of ether oxygens (including phenoxy) is 1. The average molecular weight is 410 g/mol. The second kappa shape index (κ2) is 8.24. The van der Waals surface area contributed by atoms with Gasteiger partial charge >= 0.3 is 6.03 Å². The molecule has 1 fully saturated rings. The number of carbonyl (C=O) groups is 3. The highest BCUT2D eigenvalue weighted by Crippen LogP contribution is 2.28. The molecule has 0 aliphatic carbocycles. The number of urea groups is 1. The fourth-order valence-corrected chi connectivity index (χ4v) is 3.26. The van der Waals surface area contributed by atoms with Gasteiger partial charge in [-0.3, -0.25) is 19.7 Å². The summed E-state index contributed by atoms with van der Waals surface area (Å²) in [4.78, 5) is 50.6. The number of H-pyrrole nitrogens is 1. The molecule has 0 saturated carbocycles. The lowest BCUT2D eigenvalue weighted by Gasteiger charge is -2.26. The summed E-state index contributed by atoms with van der Waals surface area (Å²) < 4.78 is 5.12. The van der Waals surface area contributed by atoms with Gasteiger partial charge in [0.1, 0.15) is 11.3 Å². The van der Waals surface area contributed by atoms with Crippen molar-refractivity contribution in [3.63, 3.8) is 0 Å². The van der Waals surface area contributed by atoms with E-state index in [1.54, 1.807) is 43.5 Å². The molecule has 4 rings (SSSR count). The van der Waals surface area contributed by atoms with Crippen molar-refractivity contribution >= 4 is 23.9 Å². The Balaban J connectivity index is 0.000000239. The summed E-state index contributed by atoms with van der Waals surface area (Å²) in [6.07, 6.45) is 4.74. The zero-order chi connectivity index (χ0) is 21.9. The highest BCUT2D eigenvalue weighted by molar-refractivity contribution is 6.07. The Bertz CT molecular complexity index is 1080. The van der Waals surface area contributed by atoms with Gasteiger partial charge in [0.2, 0.25) is 0 Å². The SMILES string of the molecule is C=Cc1c[nH]ccc1=O.COc1ccc2c(c1)C(=O)N(C[C@@]1(C)NC(=O)NC1=O)C2. The summed E-state index contributed by atoms with van der Waals surface area (Å²) in [5, 5.41) is 4.75. The molecule has 2 aliphatic heterocycles. The molecule has 1 aromatic carbocycles. The molecule has 2 aromatic rings. The number of hydrogen-bond acceptors (Lipinski definition) is 5. The van der Waals surface area contributed by atoms with Crippen LogP contribution in [0.1, 0.15) is 28.4 Å². The molecule has 0 spiro atoms. The molecular weight excluding hydrogens is 388 g/mol. The quantitative estimate of drug-likeness (QED) is 0.656. The molecule has 9 heteroatoms. The Labute approximate surface area is 172 Å². The van der Waals surface area contributed by atoms with Crippen LogP contribution in [0.3, 0.4) is 0 Å². The van der Waals surface area contributed by atoms with Gasteiger partial charge in [0.05, 0.1) is 13.7 Å². The van der Waals surface area contributed by atoms with E-state index in [0.29, 0.717) is 23.4 Å². The standard InChI is InChI=1S/C14H15N3O4.C7H7NO/c1-14(12(19)15-13(20)16-14)7-17-6-8-3-4-9(21-2)5-10(8)11(17)18;1-2-6-5-8-4-3-7(6)9/h3-5H,6-7H2,1-2H3,(H2,15,16,19,20);2-5H,1H2,(H,8,9)/t14-;/m1./s1. The second-order valence-corrected chi connectivity index (χ2v) is 7.09. The second-order valence-electron chi connectivity index (χ2n) is 7.09. The maximum absolute atomic E-state index is 12.4. The van der Waals surface area contributed by atoms with Crippen molar-refractivity contribution in [2.75, 3.05) is 13.7 Å². The number of nitrogens with one attached hydrogen (secondary N) is 3. The third-order valence-corrected chi connectivity index (χ3v) is 4.89. The molecule has 1 saturated heterocycles. The Hall–Kier alpha value is -3.88. The highest BCUT2D eigenvalue weighted by Gasteiger charge is 2.45. The topological polar surface area (TPSA) is 121 Å². The van der Waals surface area contributed by atoms with E-state index < -0.39 is 17.5 Å². The third-order valence-electron chi connectivity index (χ3n) is 4.89. The molecule has 2 aliphatic rings. The van der Waals surface area contributed by atoms with Crippen molar-refractivity contribution in [2.45, 2.75) is 19.0 Å². The summed E-state index contributed by atoms with van der Waals surface area (Å²) in [6.45, 7) is 5.61. The van der Waals surface area contributed by atoms with E-state index >= 15 is 0 Å². The van der Waals surface area contributed by atoms with Crippen molar-refractivity contribution < 1.29 is 19.1 Å². The molecule has 3 heterocycles. The number of rotatable bonds is 4. The number of aromatic nitrogens is 1. The zero-order valence-corrected chi connectivity index (χ0v) is 16.7. The van der Waals surface area contributed by atoms with Crippen LogP contribution in [0.4, 0.5) is 4.79 Å². The number of nitrogens with zero attached hydrogens (tertiary/aromatic N) is 1. The lowest BCUT2D eigenvalue weighted by molar-refractivity contribution is -0.123. The van der Waals surface area contributed by atoms with Gasteiger partial charge in [-0.15, -0.1) is 0 Å². The molecular formula is C21H22N4O5. The molecule has 9 nitrogen and oxygen atoms in total. The van der Waals surface area contributed by atoms with Crippen LogP contribution in [-0.2, 0) is 11.3 Å². The van der Waals surface area contributed by atoms with Crippen LogP contribution in [0.25, 0.3) is 6.08 Å². The Morgan fingerprint density at radius 2 is 2.00 bits per heavy atom. The fourth-order valence-electron chi connectivity index (χ4n) is 3.26. The number of carbonyl (C=O) groups excluding carboxylic acids is 3. The molecule has 0 radical (unpaired) electrons. The molecule has 4 amide bonds. The predicted molar refractivity (Wildman–Crippen MR) is 110 cm³/mol. The predicted octanol–water partition coefficient (Wildman–Crippen LogP) is 1.27. The molecule has 0 unspecified atom stereocenters. The van der Waals surface area contributed by atoms with Crippen LogP contribution in [0.15, 0.2) is 48.0 Å². The maximum Gasteiger partial charge on any atom is 0.322 e. The van der Waals surface area contributed by atoms with Crippen LogP contribution >= 0.6 is 0 Å². The molecule has 0 bridgehead atoms. The minimum Gasteiger partial charge on any atom is -0.497 e. The normalized spacial score (nSPS) is 19.4. The van der Waals surface area contributed by atoms with Gasteiger partial charge in [-0.1, -0.05) is 18.7 Å². The summed E-state index contributed by atoms with van der Waals surface area (Å²) in [5.74, 6) is 0.0231. The summed E-state index contributed by atoms with van der Waals surface area (Å²) >= 11 is 0. The van der Waals surface area contributed by atoms with Crippen molar-refractivity contribution in [3.05, 3.63) is 70.2 Å². The Kier molecular flexibility index (Phi) is 5.72. The fraction of sp³-hybridized carbons (Fsp3) is 0.238. The van der Waals surface area contributed by atoms with Gasteiger partial charge in [0, 0.05) is 36.1 Å². The largest absolute Gasteiger partial charge is 0.497 e. The smallest absolute Gasteiger partial charge is 0.322 e. The van der Waals surface area contributed by atoms with E-state index in [-0.39, 0.29) is 17.9 Å². The number of fused-ring (bicyclic) bond motifs is 1. The van der Waals surface area contributed by atoms with Crippen LogP contribution in [0.2, 0.25) is 0 Å². The highest BCUT2D eigenvalue weighted by atomic mass is 16.5. The Morgan fingerprint density at radius 3 is 2.57 bits per heavy atom. The monoisotopic (exact) mass is 410 g/mol. The molecule has 1 aromatic heterocycles. The van der Waals surface area contributed by atoms with Gasteiger partial charge in [0.15, 0.2) is 5.43 Å².